The van der Waals surface area contributed by atoms with E-state index in [1.54, 1.807) is 4.90 Å². The highest BCUT2D eigenvalue weighted by molar-refractivity contribution is 5.68. The maximum absolute atomic E-state index is 12.0. The first-order valence-electron chi connectivity index (χ1n) is 8.48. The molecule has 1 saturated heterocycles. The molecule has 0 aromatic carbocycles. The van der Waals surface area contributed by atoms with E-state index in [9.17, 15) is 4.79 Å². The van der Waals surface area contributed by atoms with Gasteiger partial charge in [0.15, 0.2) is 0 Å². The number of carbonyl (C=O) groups excluding carboxylic acids is 1. The molecule has 22 heavy (non-hydrogen) atoms. The molecule has 1 rings (SSSR count). The first-order valence-corrected chi connectivity index (χ1v) is 8.48. The molecule has 1 unspecified atom stereocenters. The topological polar surface area (TPSA) is 50.8 Å². The van der Waals surface area contributed by atoms with Gasteiger partial charge in [-0.05, 0) is 67.3 Å². The van der Waals surface area contributed by atoms with Crippen molar-refractivity contribution < 1.29 is 14.3 Å². The van der Waals surface area contributed by atoms with Gasteiger partial charge in [0.25, 0.3) is 0 Å². The Labute approximate surface area is 135 Å². The number of nitrogens with one attached hydrogen (secondary N) is 1. The number of amides is 1. The van der Waals surface area contributed by atoms with E-state index in [4.69, 9.17) is 9.47 Å². The van der Waals surface area contributed by atoms with E-state index in [2.05, 4.69) is 19.2 Å². The highest BCUT2D eigenvalue weighted by Crippen LogP contribution is 2.23. The zero-order valence-electron chi connectivity index (χ0n) is 15.2. The lowest BCUT2D eigenvalue weighted by Gasteiger charge is -2.36. The van der Waals surface area contributed by atoms with Crippen molar-refractivity contribution in [2.45, 2.75) is 78.0 Å². The average molecular weight is 314 g/mol. The second kappa shape index (κ2) is 8.16. The summed E-state index contributed by atoms with van der Waals surface area (Å²) >= 11 is 0. The van der Waals surface area contributed by atoms with Crippen LogP contribution >= 0.6 is 0 Å². The van der Waals surface area contributed by atoms with Gasteiger partial charge in [-0.1, -0.05) is 0 Å². The quantitative estimate of drug-likeness (QED) is 0.765. The molecule has 0 bridgehead atoms. The van der Waals surface area contributed by atoms with Crippen molar-refractivity contribution in [3.05, 3.63) is 0 Å². The molecule has 1 amide bonds. The van der Waals surface area contributed by atoms with Crippen LogP contribution in [0.15, 0.2) is 0 Å². The van der Waals surface area contributed by atoms with Crippen molar-refractivity contribution in [2.24, 2.45) is 0 Å². The first-order chi connectivity index (χ1) is 10.1. The maximum atomic E-state index is 12.0. The van der Waals surface area contributed by atoms with Gasteiger partial charge in [0.05, 0.1) is 5.60 Å². The first kappa shape index (κ1) is 19.2. The zero-order valence-corrected chi connectivity index (χ0v) is 15.2. The molecular formula is C17H34N2O3. The van der Waals surface area contributed by atoms with Gasteiger partial charge in [0.2, 0.25) is 0 Å². The maximum Gasteiger partial charge on any atom is 0.410 e. The fourth-order valence-electron chi connectivity index (χ4n) is 2.69. The molecular weight excluding hydrogens is 280 g/mol. The highest BCUT2D eigenvalue weighted by Gasteiger charge is 2.28. The van der Waals surface area contributed by atoms with E-state index in [0.717, 1.165) is 39.0 Å². The van der Waals surface area contributed by atoms with Gasteiger partial charge in [-0.2, -0.15) is 0 Å². The summed E-state index contributed by atoms with van der Waals surface area (Å²) in [5.74, 6) is 0. The van der Waals surface area contributed by atoms with Crippen molar-refractivity contribution in [3.63, 3.8) is 0 Å². The Bertz CT molecular complexity index is 350. The van der Waals surface area contributed by atoms with Crippen molar-refractivity contribution in [1.29, 1.82) is 0 Å². The predicted molar refractivity (Wildman–Crippen MR) is 89.2 cm³/mol. The molecule has 1 fully saturated rings. The lowest BCUT2D eigenvalue weighted by Crippen LogP contribution is -2.44. The van der Waals surface area contributed by atoms with E-state index >= 15 is 0 Å². The standard InChI is InChI=1S/C17H34N2O3/c1-7-19(15(20)22-16(2,3)4)11-8-10-18-14-9-12-21-17(5,6)13-14/h14,18H,7-13H2,1-6H3. The van der Waals surface area contributed by atoms with E-state index in [0.29, 0.717) is 12.6 Å². The monoisotopic (exact) mass is 314 g/mol. The zero-order chi connectivity index (χ0) is 16.8. The molecule has 0 aromatic rings. The number of carbonyl (C=O) groups is 1. The third-order valence-electron chi connectivity index (χ3n) is 3.77. The minimum Gasteiger partial charge on any atom is -0.444 e. The van der Waals surface area contributed by atoms with E-state index in [1.165, 1.54) is 0 Å². The van der Waals surface area contributed by atoms with Crippen LogP contribution in [0.4, 0.5) is 4.79 Å². The summed E-state index contributed by atoms with van der Waals surface area (Å²) in [6.07, 6.45) is 2.82. The molecule has 5 heteroatoms. The van der Waals surface area contributed by atoms with Crippen molar-refractivity contribution in [3.8, 4) is 0 Å². The van der Waals surface area contributed by atoms with Crippen LogP contribution < -0.4 is 5.32 Å². The Kier molecular flexibility index (Phi) is 7.13. The minimum absolute atomic E-state index is 0.0259. The van der Waals surface area contributed by atoms with Gasteiger partial charge in [0, 0.05) is 25.7 Å². The van der Waals surface area contributed by atoms with Gasteiger partial charge in [-0.15, -0.1) is 0 Å². The van der Waals surface area contributed by atoms with Crippen molar-refractivity contribution >= 4 is 6.09 Å². The summed E-state index contributed by atoms with van der Waals surface area (Å²) in [5, 5.41) is 3.59. The molecule has 1 heterocycles. The number of ether oxygens (including phenoxy) is 2. The van der Waals surface area contributed by atoms with E-state index in [1.807, 2.05) is 27.7 Å². The van der Waals surface area contributed by atoms with Crippen molar-refractivity contribution in [1.82, 2.24) is 10.2 Å². The van der Waals surface area contributed by atoms with Crippen LogP contribution in [0, 0.1) is 0 Å². The van der Waals surface area contributed by atoms with Gasteiger partial charge in [-0.3, -0.25) is 0 Å². The summed E-state index contributed by atoms with van der Waals surface area (Å²) < 4.78 is 11.1. The molecule has 1 N–H and O–H groups in total. The molecule has 0 aliphatic carbocycles. The summed E-state index contributed by atoms with van der Waals surface area (Å²) in [6.45, 7) is 15.1. The smallest absolute Gasteiger partial charge is 0.410 e. The molecule has 0 saturated carbocycles. The summed E-state index contributed by atoms with van der Waals surface area (Å²) in [4.78, 5) is 13.8. The Balaban J connectivity index is 2.25. The van der Waals surface area contributed by atoms with Crippen LogP contribution in [-0.4, -0.2) is 54.5 Å². The number of nitrogens with zero attached hydrogens (tertiary/aromatic N) is 1. The van der Waals surface area contributed by atoms with Crippen LogP contribution in [0.5, 0.6) is 0 Å². The summed E-state index contributed by atoms with van der Waals surface area (Å²) in [5.41, 5.74) is -0.460. The van der Waals surface area contributed by atoms with Gasteiger partial charge in [-0.25, -0.2) is 4.79 Å². The lowest BCUT2D eigenvalue weighted by atomic mass is 9.94. The minimum atomic E-state index is -0.434. The third kappa shape index (κ3) is 7.45. The van der Waals surface area contributed by atoms with Crippen molar-refractivity contribution in [2.75, 3.05) is 26.2 Å². The number of hydrogen-bond donors (Lipinski definition) is 1. The Morgan fingerprint density at radius 1 is 1.41 bits per heavy atom. The fraction of sp³-hybridized carbons (Fsp3) is 0.941. The molecule has 0 spiro atoms. The molecule has 1 aliphatic rings. The third-order valence-corrected chi connectivity index (χ3v) is 3.77. The fourth-order valence-corrected chi connectivity index (χ4v) is 2.69. The highest BCUT2D eigenvalue weighted by atomic mass is 16.6. The molecule has 1 aliphatic heterocycles. The van der Waals surface area contributed by atoms with Gasteiger partial charge < -0.3 is 19.7 Å². The van der Waals surface area contributed by atoms with Gasteiger partial charge >= 0.3 is 6.09 Å². The largest absolute Gasteiger partial charge is 0.444 e. The van der Waals surface area contributed by atoms with Crippen LogP contribution in [0.1, 0.15) is 60.8 Å². The van der Waals surface area contributed by atoms with Crippen LogP contribution in [-0.2, 0) is 9.47 Å². The van der Waals surface area contributed by atoms with Crippen LogP contribution in [0.2, 0.25) is 0 Å². The Morgan fingerprint density at radius 2 is 2.09 bits per heavy atom. The van der Waals surface area contributed by atoms with Crippen LogP contribution in [0.25, 0.3) is 0 Å². The Hall–Kier alpha value is -0.810. The predicted octanol–water partition coefficient (Wildman–Crippen LogP) is 3.18. The molecule has 130 valence electrons. The Morgan fingerprint density at radius 3 is 2.64 bits per heavy atom. The van der Waals surface area contributed by atoms with Gasteiger partial charge in [0.1, 0.15) is 5.60 Å². The molecule has 5 nitrogen and oxygen atoms in total. The molecule has 0 aromatic heterocycles. The normalized spacial score (nSPS) is 21.5. The second-order valence-corrected chi connectivity index (χ2v) is 7.67. The molecule has 1 atom stereocenters. The molecule has 0 radical (unpaired) electrons. The average Bonchev–Trinajstić information content (AvgIpc) is 2.35. The van der Waals surface area contributed by atoms with Crippen LogP contribution in [0.3, 0.4) is 0 Å². The van der Waals surface area contributed by atoms with E-state index < -0.39 is 5.60 Å². The SMILES string of the molecule is CCN(CCCNC1CCOC(C)(C)C1)C(=O)OC(C)(C)C. The number of rotatable bonds is 6. The lowest BCUT2D eigenvalue weighted by molar-refractivity contribution is -0.0628. The summed E-state index contributed by atoms with van der Waals surface area (Å²) in [7, 11) is 0. The second-order valence-electron chi connectivity index (χ2n) is 7.67. The van der Waals surface area contributed by atoms with E-state index in [-0.39, 0.29) is 11.7 Å². The number of hydrogen-bond acceptors (Lipinski definition) is 4. The summed E-state index contributed by atoms with van der Waals surface area (Å²) in [6, 6.07) is 0.514.